The minimum atomic E-state index is -1.46. The predicted molar refractivity (Wildman–Crippen MR) is 88.2 cm³/mol. The first kappa shape index (κ1) is 16.6. The number of urea groups is 1. The van der Waals surface area contributed by atoms with Crippen molar-refractivity contribution >= 4 is 34.6 Å². The molecule has 0 atom stereocenters. The molecule has 25 heavy (non-hydrogen) atoms. The van der Waals surface area contributed by atoms with E-state index >= 15 is 0 Å². The fraction of sp³-hybridized carbons (Fsp3) is 0.222. The first-order valence-electron chi connectivity index (χ1n) is 7.64. The van der Waals surface area contributed by atoms with E-state index in [0.717, 1.165) is 17.7 Å². The van der Waals surface area contributed by atoms with Crippen molar-refractivity contribution < 1.29 is 24.0 Å². The van der Waals surface area contributed by atoms with E-state index < -0.39 is 29.4 Å². The molecule has 0 spiro atoms. The fourth-order valence-corrected chi connectivity index (χ4v) is 2.69. The van der Waals surface area contributed by atoms with Crippen molar-refractivity contribution in [1.82, 2.24) is 9.96 Å². The molecule has 1 heterocycles. The van der Waals surface area contributed by atoms with Gasteiger partial charge in [-0.3, -0.25) is 14.4 Å². The van der Waals surface area contributed by atoms with Crippen LogP contribution in [0.1, 0.15) is 31.1 Å². The number of hydrogen-bond acceptors (Lipinski definition) is 5. The minimum absolute atomic E-state index is 0.195. The van der Waals surface area contributed by atoms with Gasteiger partial charge in [0.2, 0.25) is 0 Å². The van der Waals surface area contributed by atoms with Crippen molar-refractivity contribution in [1.29, 1.82) is 0 Å². The number of carbonyl (C=O) groups excluding carboxylic acids is 4. The Bertz CT molecular complexity index is 919. The Morgan fingerprint density at radius 2 is 1.64 bits per heavy atom. The average Bonchev–Trinajstić information content (AvgIpc) is 2.73. The summed E-state index contributed by atoms with van der Waals surface area (Å²) in [5.74, 6) is -2.27. The summed E-state index contributed by atoms with van der Waals surface area (Å²) in [7, 11) is 0. The van der Waals surface area contributed by atoms with E-state index in [1.54, 1.807) is 18.2 Å². The van der Waals surface area contributed by atoms with Crippen LogP contribution in [0.25, 0.3) is 10.8 Å². The van der Waals surface area contributed by atoms with Gasteiger partial charge in [0.25, 0.3) is 11.8 Å². The topological polar surface area (TPSA) is 84.0 Å². The van der Waals surface area contributed by atoms with Gasteiger partial charge < -0.3 is 4.84 Å². The zero-order valence-corrected chi connectivity index (χ0v) is 14.0. The maximum atomic E-state index is 12.7. The summed E-state index contributed by atoms with van der Waals surface area (Å²) in [6.45, 7) is 3.93. The van der Waals surface area contributed by atoms with E-state index in [1.165, 1.54) is 13.8 Å². The lowest BCUT2D eigenvalue weighted by Gasteiger charge is -2.24. The molecule has 7 nitrogen and oxygen atoms in total. The Morgan fingerprint density at radius 1 is 1.00 bits per heavy atom. The maximum absolute atomic E-state index is 12.7. The molecule has 0 unspecified atom stereocenters. The Labute approximate surface area is 143 Å². The average molecular weight is 340 g/mol. The number of hydrogen-bond donors (Lipinski definition) is 0. The normalized spacial score (nSPS) is 16.4. The molecule has 2 aromatic carbocycles. The Balaban J connectivity index is 1.99. The third-order valence-electron chi connectivity index (χ3n) is 4.02. The molecule has 0 bridgehead atoms. The van der Waals surface area contributed by atoms with Gasteiger partial charge in [-0.2, -0.15) is 4.90 Å². The number of nitrogens with zero attached hydrogens (tertiary/aromatic N) is 2. The summed E-state index contributed by atoms with van der Waals surface area (Å²) in [5, 5.41) is 2.37. The molecule has 3 rings (SSSR count). The summed E-state index contributed by atoms with van der Waals surface area (Å²) in [6, 6.07) is 11.3. The van der Waals surface area contributed by atoms with Gasteiger partial charge in [0, 0.05) is 12.5 Å². The molecular formula is C18H16N2O5. The smallest absolute Gasteiger partial charge is 0.336 e. The standard InChI is InChI=1S/C18H16N2O5/c1-11(21)25-20-17(24)19(16(23)18(20,2)3)15(22)14-9-8-12-6-4-5-7-13(12)10-14/h4-10H,1-3H3. The highest BCUT2D eigenvalue weighted by Crippen LogP contribution is 2.30. The molecule has 1 fully saturated rings. The third-order valence-corrected chi connectivity index (χ3v) is 4.02. The van der Waals surface area contributed by atoms with Crippen LogP contribution < -0.4 is 0 Å². The summed E-state index contributed by atoms with van der Waals surface area (Å²) in [4.78, 5) is 54.3. The molecule has 0 saturated carbocycles. The quantitative estimate of drug-likeness (QED) is 0.619. The van der Waals surface area contributed by atoms with Crippen molar-refractivity contribution in [3.63, 3.8) is 0 Å². The summed E-state index contributed by atoms with van der Waals surface area (Å²) in [6.07, 6.45) is 0. The number of amides is 4. The lowest BCUT2D eigenvalue weighted by molar-refractivity contribution is -0.187. The molecular weight excluding hydrogens is 324 g/mol. The van der Waals surface area contributed by atoms with Crippen LogP contribution in [-0.2, 0) is 14.4 Å². The summed E-state index contributed by atoms with van der Waals surface area (Å²) >= 11 is 0. The van der Waals surface area contributed by atoms with Gasteiger partial charge in [-0.1, -0.05) is 30.3 Å². The monoisotopic (exact) mass is 340 g/mol. The third kappa shape index (κ3) is 2.63. The molecule has 7 heteroatoms. The van der Waals surface area contributed by atoms with Crippen LogP contribution in [-0.4, -0.2) is 39.3 Å². The van der Waals surface area contributed by atoms with Gasteiger partial charge in [0.15, 0.2) is 5.54 Å². The maximum Gasteiger partial charge on any atom is 0.368 e. The van der Waals surface area contributed by atoms with Gasteiger partial charge in [-0.25, -0.2) is 4.79 Å². The highest BCUT2D eigenvalue weighted by molar-refractivity contribution is 6.22. The molecule has 2 aromatic rings. The Hall–Kier alpha value is -3.22. The minimum Gasteiger partial charge on any atom is -0.336 e. The van der Waals surface area contributed by atoms with Crippen LogP contribution in [0, 0.1) is 0 Å². The van der Waals surface area contributed by atoms with E-state index in [1.807, 2.05) is 24.3 Å². The number of rotatable bonds is 2. The highest BCUT2D eigenvalue weighted by atomic mass is 16.7. The molecule has 1 saturated heterocycles. The van der Waals surface area contributed by atoms with E-state index in [2.05, 4.69) is 0 Å². The first-order chi connectivity index (χ1) is 11.7. The second kappa shape index (κ2) is 5.70. The van der Waals surface area contributed by atoms with Crippen LogP contribution in [0.2, 0.25) is 0 Å². The molecule has 1 aliphatic heterocycles. The number of hydroxylamine groups is 2. The second-order valence-electron chi connectivity index (χ2n) is 6.23. The van der Waals surface area contributed by atoms with Gasteiger partial charge >= 0.3 is 12.0 Å². The number of carbonyl (C=O) groups is 4. The van der Waals surface area contributed by atoms with E-state index in [0.29, 0.717) is 9.96 Å². The lowest BCUT2D eigenvalue weighted by atomic mass is 10.0. The zero-order chi connectivity index (χ0) is 18.4. The lowest BCUT2D eigenvalue weighted by Crippen LogP contribution is -2.45. The van der Waals surface area contributed by atoms with Crippen molar-refractivity contribution in [2.45, 2.75) is 26.3 Å². The van der Waals surface area contributed by atoms with Gasteiger partial charge in [0.1, 0.15) is 0 Å². The second-order valence-corrected chi connectivity index (χ2v) is 6.23. The summed E-state index contributed by atoms with van der Waals surface area (Å²) < 4.78 is 0. The van der Waals surface area contributed by atoms with Gasteiger partial charge in [-0.05, 0) is 36.8 Å². The molecule has 0 radical (unpaired) electrons. The Morgan fingerprint density at radius 3 is 2.28 bits per heavy atom. The first-order valence-corrected chi connectivity index (χ1v) is 7.64. The van der Waals surface area contributed by atoms with Crippen LogP contribution in [0.5, 0.6) is 0 Å². The molecule has 128 valence electrons. The van der Waals surface area contributed by atoms with Crippen molar-refractivity contribution in [3.05, 3.63) is 48.0 Å². The van der Waals surface area contributed by atoms with E-state index in [9.17, 15) is 19.2 Å². The Kier molecular flexibility index (Phi) is 3.79. The van der Waals surface area contributed by atoms with Gasteiger partial charge in [-0.15, -0.1) is 5.06 Å². The van der Waals surface area contributed by atoms with Crippen LogP contribution in [0.15, 0.2) is 42.5 Å². The predicted octanol–water partition coefficient (Wildman–Crippen LogP) is 2.50. The van der Waals surface area contributed by atoms with E-state index in [4.69, 9.17) is 4.84 Å². The van der Waals surface area contributed by atoms with Crippen LogP contribution in [0.3, 0.4) is 0 Å². The molecule has 0 N–H and O–H groups in total. The number of imide groups is 3. The van der Waals surface area contributed by atoms with Crippen molar-refractivity contribution in [3.8, 4) is 0 Å². The number of benzene rings is 2. The fourth-order valence-electron chi connectivity index (χ4n) is 2.69. The SMILES string of the molecule is CC(=O)ON1C(=O)N(C(=O)c2ccc3ccccc3c2)C(=O)C1(C)C. The number of fused-ring (bicyclic) bond motifs is 1. The molecule has 0 aromatic heterocycles. The van der Waals surface area contributed by atoms with Crippen LogP contribution >= 0.6 is 0 Å². The van der Waals surface area contributed by atoms with Crippen LogP contribution in [0.4, 0.5) is 4.79 Å². The van der Waals surface area contributed by atoms with Crippen molar-refractivity contribution in [2.24, 2.45) is 0 Å². The largest absolute Gasteiger partial charge is 0.368 e. The zero-order valence-electron chi connectivity index (χ0n) is 14.0. The van der Waals surface area contributed by atoms with Gasteiger partial charge in [0.05, 0.1) is 0 Å². The van der Waals surface area contributed by atoms with Crippen molar-refractivity contribution in [2.75, 3.05) is 0 Å². The molecule has 0 aliphatic carbocycles. The van der Waals surface area contributed by atoms with E-state index in [-0.39, 0.29) is 5.56 Å². The molecule has 1 aliphatic rings. The molecule has 4 amide bonds. The highest BCUT2D eigenvalue weighted by Gasteiger charge is 2.56. The summed E-state index contributed by atoms with van der Waals surface area (Å²) in [5.41, 5.74) is -1.27.